The maximum absolute atomic E-state index is 11.9. The van der Waals surface area contributed by atoms with Gasteiger partial charge in [0.1, 0.15) is 0 Å². The number of carboxylic acid groups (broad SMARTS) is 1. The minimum atomic E-state index is -0.985. The van der Waals surface area contributed by atoms with Crippen LogP contribution in [0.4, 0.5) is 5.69 Å². The van der Waals surface area contributed by atoms with Crippen LogP contribution >= 0.6 is 0 Å². The fourth-order valence-corrected chi connectivity index (χ4v) is 2.61. The molecule has 0 saturated carbocycles. The van der Waals surface area contributed by atoms with Crippen LogP contribution in [0.1, 0.15) is 23.2 Å². The molecule has 106 valence electrons. The SMILES string of the molecule is O=C(O)c1cc(-c2ccccc2)cc(N2CCCC2=O)c1. The summed E-state index contributed by atoms with van der Waals surface area (Å²) in [6, 6.07) is 14.7. The topological polar surface area (TPSA) is 57.6 Å². The first-order chi connectivity index (χ1) is 10.1. The molecule has 0 aromatic heterocycles. The molecule has 3 rings (SSSR count). The normalized spacial score (nSPS) is 14.5. The summed E-state index contributed by atoms with van der Waals surface area (Å²) in [5.41, 5.74) is 2.61. The zero-order valence-corrected chi connectivity index (χ0v) is 11.5. The summed E-state index contributed by atoms with van der Waals surface area (Å²) < 4.78 is 0. The average molecular weight is 281 g/mol. The Bertz CT molecular complexity index is 694. The minimum absolute atomic E-state index is 0.0524. The predicted octanol–water partition coefficient (Wildman–Crippen LogP) is 3.18. The van der Waals surface area contributed by atoms with E-state index in [1.54, 1.807) is 17.0 Å². The lowest BCUT2D eigenvalue weighted by Gasteiger charge is -2.17. The van der Waals surface area contributed by atoms with Crippen LogP contribution in [0.25, 0.3) is 11.1 Å². The summed E-state index contributed by atoms with van der Waals surface area (Å²) in [6.45, 7) is 0.649. The van der Waals surface area contributed by atoms with Crippen molar-refractivity contribution in [2.75, 3.05) is 11.4 Å². The van der Waals surface area contributed by atoms with Gasteiger partial charge in [-0.1, -0.05) is 30.3 Å². The maximum Gasteiger partial charge on any atom is 0.335 e. The number of hydrogen-bond donors (Lipinski definition) is 1. The molecule has 0 atom stereocenters. The summed E-state index contributed by atoms with van der Waals surface area (Å²) in [4.78, 5) is 24.9. The van der Waals surface area contributed by atoms with E-state index >= 15 is 0 Å². The second kappa shape index (κ2) is 5.40. The Balaban J connectivity index is 2.10. The molecule has 2 aromatic rings. The number of aromatic carboxylic acids is 1. The van der Waals surface area contributed by atoms with Gasteiger partial charge in [0, 0.05) is 18.7 Å². The van der Waals surface area contributed by atoms with Gasteiger partial charge in [-0.3, -0.25) is 4.79 Å². The molecule has 1 fully saturated rings. The smallest absolute Gasteiger partial charge is 0.335 e. The van der Waals surface area contributed by atoms with Crippen molar-refractivity contribution in [3.05, 3.63) is 54.1 Å². The van der Waals surface area contributed by atoms with Gasteiger partial charge in [0.2, 0.25) is 5.91 Å². The van der Waals surface area contributed by atoms with Gasteiger partial charge in [-0.2, -0.15) is 0 Å². The number of carbonyl (C=O) groups is 2. The summed E-state index contributed by atoms with van der Waals surface area (Å²) in [5, 5.41) is 9.29. The number of rotatable bonds is 3. The number of carboxylic acids is 1. The van der Waals surface area contributed by atoms with Crippen LogP contribution in [0.3, 0.4) is 0 Å². The molecular formula is C17H15NO3. The number of anilines is 1. The molecule has 4 nitrogen and oxygen atoms in total. The monoisotopic (exact) mass is 281 g/mol. The Morgan fingerprint density at radius 1 is 1.05 bits per heavy atom. The quantitative estimate of drug-likeness (QED) is 0.940. The van der Waals surface area contributed by atoms with Gasteiger partial charge < -0.3 is 10.0 Å². The van der Waals surface area contributed by atoms with Gasteiger partial charge in [0.25, 0.3) is 0 Å². The largest absolute Gasteiger partial charge is 0.478 e. The van der Waals surface area contributed by atoms with E-state index < -0.39 is 5.97 Å². The second-order valence-electron chi connectivity index (χ2n) is 5.09. The van der Waals surface area contributed by atoms with Gasteiger partial charge >= 0.3 is 5.97 Å². The molecule has 1 amide bonds. The molecule has 0 radical (unpaired) electrons. The second-order valence-corrected chi connectivity index (χ2v) is 5.09. The number of hydrogen-bond acceptors (Lipinski definition) is 2. The van der Waals surface area contributed by atoms with E-state index in [2.05, 4.69) is 0 Å². The molecule has 1 aliphatic rings. The van der Waals surface area contributed by atoms with E-state index in [0.717, 1.165) is 17.5 Å². The highest BCUT2D eigenvalue weighted by Gasteiger charge is 2.23. The summed E-state index contributed by atoms with van der Waals surface area (Å²) in [5.74, 6) is -0.933. The van der Waals surface area contributed by atoms with Crippen molar-refractivity contribution in [2.45, 2.75) is 12.8 Å². The first-order valence-electron chi connectivity index (χ1n) is 6.89. The average Bonchev–Trinajstić information content (AvgIpc) is 2.94. The van der Waals surface area contributed by atoms with Crippen LogP contribution in [-0.4, -0.2) is 23.5 Å². The van der Waals surface area contributed by atoms with Crippen molar-refractivity contribution in [1.82, 2.24) is 0 Å². The number of nitrogens with zero attached hydrogens (tertiary/aromatic N) is 1. The Kier molecular flexibility index (Phi) is 3.44. The van der Waals surface area contributed by atoms with Crippen molar-refractivity contribution in [2.24, 2.45) is 0 Å². The predicted molar refractivity (Wildman–Crippen MR) is 80.4 cm³/mol. The molecule has 1 aliphatic heterocycles. The van der Waals surface area contributed by atoms with Gasteiger partial charge in [-0.05, 0) is 35.7 Å². The highest BCUT2D eigenvalue weighted by molar-refractivity contribution is 5.98. The van der Waals surface area contributed by atoms with Crippen LogP contribution in [0.2, 0.25) is 0 Å². The first-order valence-corrected chi connectivity index (χ1v) is 6.89. The Morgan fingerprint density at radius 3 is 2.43 bits per heavy atom. The number of carbonyl (C=O) groups excluding carboxylic acids is 1. The molecule has 4 heteroatoms. The first kappa shape index (κ1) is 13.4. The van der Waals surface area contributed by atoms with Crippen molar-refractivity contribution in [1.29, 1.82) is 0 Å². The van der Waals surface area contributed by atoms with Crippen LogP contribution in [-0.2, 0) is 4.79 Å². The van der Waals surface area contributed by atoms with E-state index in [0.29, 0.717) is 18.7 Å². The van der Waals surface area contributed by atoms with Crippen molar-refractivity contribution in [3.8, 4) is 11.1 Å². The Labute approximate surface area is 122 Å². The van der Waals surface area contributed by atoms with Crippen molar-refractivity contribution >= 4 is 17.6 Å². The van der Waals surface area contributed by atoms with E-state index in [1.807, 2.05) is 36.4 Å². The molecule has 1 heterocycles. The summed E-state index contributed by atoms with van der Waals surface area (Å²) in [6.07, 6.45) is 1.34. The standard InChI is InChI=1S/C17H15NO3/c19-16-7-4-8-18(16)15-10-13(9-14(11-15)17(20)21)12-5-2-1-3-6-12/h1-3,5-6,9-11H,4,7-8H2,(H,20,21). The van der Waals surface area contributed by atoms with Gasteiger partial charge in [-0.25, -0.2) is 4.79 Å². The molecule has 0 spiro atoms. The molecule has 0 unspecified atom stereocenters. The summed E-state index contributed by atoms with van der Waals surface area (Å²) >= 11 is 0. The van der Waals surface area contributed by atoms with Crippen LogP contribution in [0, 0.1) is 0 Å². The van der Waals surface area contributed by atoms with Crippen molar-refractivity contribution in [3.63, 3.8) is 0 Å². The van der Waals surface area contributed by atoms with E-state index in [-0.39, 0.29) is 11.5 Å². The zero-order valence-electron chi connectivity index (χ0n) is 11.5. The Hall–Kier alpha value is -2.62. The lowest BCUT2D eigenvalue weighted by atomic mass is 10.0. The van der Waals surface area contributed by atoms with E-state index in [4.69, 9.17) is 0 Å². The van der Waals surface area contributed by atoms with Crippen LogP contribution < -0.4 is 4.90 Å². The van der Waals surface area contributed by atoms with Crippen molar-refractivity contribution < 1.29 is 14.7 Å². The molecular weight excluding hydrogens is 266 g/mol. The van der Waals surface area contributed by atoms with Crippen LogP contribution in [0.5, 0.6) is 0 Å². The summed E-state index contributed by atoms with van der Waals surface area (Å²) in [7, 11) is 0. The molecule has 0 aliphatic carbocycles. The third kappa shape index (κ3) is 2.65. The maximum atomic E-state index is 11.9. The molecule has 0 bridgehead atoms. The fraction of sp³-hybridized carbons (Fsp3) is 0.176. The zero-order chi connectivity index (χ0) is 14.8. The highest BCUT2D eigenvalue weighted by Crippen LogP contribution is 2.29. The lowest BCUT2D eigenvalue weighted by Crippen LogP contribution is -2.24. The molecule has 21 heavy (non-hydrogen) atoms. The number of amides is 1. The van der Waals surface area contributed by atoms with E-state index in [9.17, 15) is 14.7 Å². The lowest BCUT2D eigenvalue weighted by molar-refractivity contribution is -0.117. The molecule has 1 N–H and O–H groups in total. The third-order valence-corrected chi connectivity index (χ3v) is 3.66. The van der Waals surface area contributed by atoms with Gasteiger partial charge in [0.05, 0.1) is 5.56 Å². The number of benzene rings is 2. The van der Waals surface area contributed by atoms with E-state index in [1.165, 1.54) is 0 Å². The van der Waals surface area contributed by atoms with Crippen LogP contribution in [0.15, 0.2) is 48.5 Å². The van der Waals surface area contributed by atoms with Gasteiger partial charge in [-0.15, -0.1) is 0 Å². The Morgan fingerprint density at radius 2 is 1.81 bits per heavy atom. The highest BCUT2D eigenvalue weighted by atomic mass is 16.4. The van der Waals surface area contributed by atoms with Gasteiger partial charge in [0.15, 0.2) is 0 Å². The molecule has 1 saturated heterocycles. The fourth-order valence-electron chi connectivity index (χ4n) is 2.61. The minimum Gasteiger partial charge on any atom is -0.478 e. The molecule has 2 aromatic carbocycles. The third-order valence-electron chi connectivity index (χ3n) is 3.66.